The van der Waals surface area contributed by atoms with Crippen LogP contribution in [0.15, 0.2) is 28.7 Å². The van der Waals surface area contributed by atoms with E-state index in [2.05, 4.69) is 21.2 Å². The van der Waals surface area contributed by atoms with E-state index in [1.807, 2.05) is 0 Å². The van der Waals surface area contributed by atoms with Gasteiger partial charge < -0.3 is 15.0 Å². The zero-order chi connectivity index (χ0) is 20.9. The van der Waals surface area contributed by atoms with E-state index in [0.29, 0.717) is 18.5 Å². The predicted molar refractivity (Wildman–Crippen MR) is 106 cm³/mol. The van der Waals surface area contributed by atoms with E-state index in [-0.39, 0.29) is 18.1 Å². The molecule has 0 bridgehead atoms. The molecule has 2 rings (SSSR count). The number of esters is 1. The number of likely N-dealkylation sites (N-methyl/N-ethyl adjacent to an activating group) is 1. The Morgan fingerprint density at radius 3 is 2.46 bits per heavy atom. The summed E-state index contributed by atoms with van der Waals surface area (Å²) in [6.45, 7) is 3.12. The second-order valence-corrected chi connectivity index (χ2v) is 9.65. The number of nitrogens with one attached hydrogen (secondary N) is 1. The molecule has 0 radical (unpaired) electrons. The van der Waals surface area contributed by atoms with Gasteiger partial charge in [-0.05, 0) is 44.5 Å². The molecule has 2 unspecified atom stereocenters. The summed E-state index contributed by atoms with van der Waals surface area (Å²) in [4.78, 5) is 38.0. The Labute approximate surface area is 172 Å². The van der Waals surface area contributed by atoms with Gasteiger partial charge in [0.15, 0.2) is 15.9 Å². The molecule has 1 saturated heterocycles. The fourth-order valence-corrected chi connectivity index (χ4v) is 4.99. The van der Waals surface area contributed by atoms with Gasteiger partial charge in [-0.25, -0.2) is 8.42 Å². The van der Waals surface area contributed by atoms with Crippen molar-refractivity contribution < 1.29 is 27.5 Å². The zero-order valence-corrected chi connectivity index (χ0v) is 18.1. The Kier molecular flexibility index (Phi) is 7.59. The van der Waals surface area contributed by atoms with Gasteiger partial charge in [-0.15, -0.1) is 0 Å². The average Bonchev–Trinajstić information content (AvgIpc) is 3.00. The van der Waals surface area contributed by atoms with Gasteiger partial charge in [-0.3, -0.25) is 14.4 Å². The van der Waals surface area contributed by atoms with Crippen LogP contribution < -0.4 is 5.32 Å². The third kappa shape index (κ3) is 6.03. The number of hydrogen-bond acceptors (Lipinski definition) is 6. The molecular weight excluding hydrogens is 452 g/mol. The molecule has 0 saturated carbocycles. The van der Waals surface area contributed by atoms with Crippen molar-refractivity contribution in [3.63, 3.8) is 0 Å². The highest BCUT2D eigenvalue weighted by atomic mass is 79.9. The monoisotopic (exact) mass is 474 g/mol. The van der Waals surface area contributed by atoms with Gasteiger partial charge in [-0.1, -0.05) is 15.9 Å². The highest BCUT2D eigenvalue weighted by Crippen LogP contribution is 2.19. The molecule has 1 aromatic rings. The SMILES string of the molecule is CCN(C(=O)C(C)OC(=O)CNC(=O)c1ccc(Br)cc1)C1CCS(=O)(=O)C1. The lowest BCUT2D eigenvalue weighted by Crippen LogP contribution is -2.47. The Balaban J connectivity index is 1.85. The van der Waals surface area contributed by atoms with Crippen molar-refractivity contribution in [2.75, 3.05) is 24.6 Å². The zero-order valence-electron chi connectivity index (χ0n) is 15.7. The van der Waals surface area contributed by atoms with Gasteiger partial charge in [-0.2, -0.15) is 0 Å². The van der Waals surface area contributed by atoms with Gasteiger partial charge in [0.25, 0.3) is 11.8 Å². The Hall–Kier alpha value is -1.94. The molecule has 0 aromatic heterocycles. The van der Waals surface area contributed by atoms with E-state index >= 15 is 0 Å². The molecule has 1 fully saturated rings. The molecule has 154 valence electrons. The highest BCUT2D eigenvalue weighted by Gasteiger charge is 2.36. The van der Waals surface area contributed by atoms with Crippen LogP contribution in [0.25, 0.3) is 0 Å². The molecule has 10 heteroatoms. The standard InChI is InChI=1S/C18H23BrN2O6S/c1-3-21(15-8-9-28(25,26)11-15)18(24)12(2)27-16(22)10-20-17(23)13-4-6-14(19)7-5-13/h4-7,12,15H,3,8-11H2,1-2H3,(H,20,23). The smallest absolute Gasteiger partial charge is 0.326 e. The first-order chi connectivity index (χ1) is 13.1. The molecule has 1 aliphatic heterocycles. The lowest BCUT2D eigenvalue weighted by molar-refractivity contribution is -0.159. The summed E-state index contributed by atoms with van der Waals surface area (Å²) in [5.74, 6) is -1.65. The largest absolute Gasteiger partial charge is 0.451 e. The minimum atomic E-state index is -3.13. The molecular formula is C18H23BrN2O6S. The second kappa shape index (κ2) is 9.51. The number of sulfone groups is 1. The van der Waals surface area contributed by atoms with E-state index in [0.717, 1.165) is 4.47 Å². The van der Waals surface area contributed by atoms with Gasteiger partial charge >= 0.3 is 5.97 Å². The number of amides is 2. The summed E-state index contributed by atoms with van der Waals surface area (Å²) in [6, 6.07) is 6.21. The van der Waals surface area contributed by atoms with Crippen molar-refractivity contribution >= 4 is 43.6 Å². The molecule has 28 heavy (non-hydrogen) atoms. The van der Waals surface area contributed by atoms with Crippen LogP contribution in [0.5, 0.6) is 0 Å². The molecule has 0 spiro atoms. The van der Waals surface area contributed by atoms with Crippen LogP contribution in [0.3, 0.4) is 0 Å². The van der Waals surface area contributed by atoms with Crippen molar-refractivity contribution in [2.24, 2.45) is 0 Å². The minimum absolute atomic E-state index is 0.0533. The van der Waals surface area contributed by atoms with Gasteiger partial charge in [0.05, 0.1) is 11.5 Å². The fourth-order valence-electron chi connectivity index (χ4n) is 2.99. The highest BCUT2D eigenvalue weighted by molar-refractivity contribution is 9.10. The number of halogens is 1. The number of benzene rings is 1. The van der Waals surface area contributed by atoms with Crippen molar-refractivity contribution in [2.45, 2.75) is 32.4 Å². The van der Waals surface area contributed by atoms with E-state index in [1.54, 1.807) is 31.2 Å². The summed E-state index contributed by atoms with van der Waals surface area (Å²) < 4.78 is 29.2. The third-order valence-electron chi connectivity index (χ3n) is 4.43. The molecule has 1 aliphatic rings. The topological polar surface area (TPSA) is 110 Å². The Morgan fingerprint density at radius 1 is 1.29 bits per heavy atom. The van der Waals surface area contributed by atoms with Crippen LogP contribution >= 0.6 is 15.9 Å². The van der Waals surface area contributed by atoms with Crippen LogP contribution in [-0.4, -0.2) is 67.8 Å². The normalized spacial score (nSPS) is 18.9. The van der Waals surface area contributed by atoms with E-state index in [4.69, 9.17) is 4.74 Å². The van der Waals surface area contributed by atoms with Crippen LogP contribution in [0, 0.1) is 0 Å². The Morgan fingerprint density at radius 2 is 1.93 bits per heavy atom. The maximum Gasteiger partial charge on any atom is 0.326 e. The molecule has 1 N–H and O–H groups in total. The summed E-state index contributed by atoms with van der Waals surface area (Å²) >= 11 is 3.27. The maximum atomic E-state index is 12.6. The maximum absolute atomic E-state index is 12.6. The van der Waals surface area contributed by atoms with Crippen molar-refractivity contribution in [3.05, 3.63) is 34.3 Å². The van der Waals surface area contributed by atoms with Crippen LogP contribution in [-0.2, 0) is 24.2 Å². The molecule has 0 aliphatic carbocycles. The first-order valence-electron chi connectivity index (χ1n) is 8.87. The Bertz CT molecular complexity index is 840. The van der Waals surface area contributed by atoms with Crippen molar-refractivity contribution in [1.29, 1.82) is 0 Å². The molecule has 8 nitrogen and oxygen atoms in total. The summed E-state index contributed by atoms with van der Waals surface area (Å²) in [7, 11) is -3.13. The van der Waals surface area contributed by atoms with Crippen LogP contribution in [0.4, 0.5) is 0 Å². The molecule has 2 atom stereocenters. The van der Waals surface area contributed by atoms with Crippen LogP contribution in [0.2, 0.25) is 0 Å². The van der Waals surface area contributed by atoms with Gasteiger partial charge in [0.2, 0.25) is 0 Å². The number of carbonyl (C=O) groups excluding carboxylic acids is 3. The third-order valence-corrected chi connectivity index (χ3v) is 6.71. The quantitative estimate of drug-likeness (QED) is 0.593. The van der Waals surface area contributed by atoms with Crippen molar-refractivity contribution in [1.82, 2.24) is 10.2 Å². The number of carbonyl (C=O) groups is 3. The number of rotatable bonds is 7. The van der Waals surface area contributed by atoms with Gasteiger partial charge in [0, 0.05) is 22.6 Å². The van der Waals surface area contributed by atoms with E-state index in [9.17, 15) is 22.8 Å². The molecule has 2 amide bonds. The summed E-state index contributed by atoms with van der Waals surface area (Å²) in [5, 5.41) is 2.44. The lowest BCUT2D eigenvalue weighted by atomic mass is 10.2. The van der Waals surface area contributed by atoms with Gasteiger partial charge in [0.1, 0.15) is 6.54 Å². The summed E-state index contributed by atoms with van der Waals surface area (Å²) in [5.41, 5.74) is 0.389. The molecule has 1 heterocycles. The predicted octanol–water partition coefficient (Wildman–Crippen LogP) is 1.15. The van der Waals surface area contributed by atoms with E-state index < -0.39 is 39.8 Å². The lowest BCUT2D eigenvalue weighted by Gasteiger charge is -2.29. The minimum Gasteiger partial charge on any atom is -0.451 e. The second-order valence-electron chi connectivity index (χ2n) is 6.50. The van der Waals surface area contributed by atoms with E-state index in [1.165, 1.54) is 11.8 Å². The summed E-state index contributed by atoms with van der Waals surface area (Å²) in [6.07, 6.45) is -0.688. The number of ether oxygens (including phenoxy) is 1. The first kappa shape index (κ1) is 22.4. The molecule has 1 aromatic carbocycles. The number of hydrogen-bond donors (Lipinski definition) is 1. The average molecular weight is 475 g/mol. The van der Waals surface area contributed by atoms with Crippen molar-refractivity contribution in [3.8, 4) is 0 Å². The first-order valence-corrected chi connectivity index (χ1v) is 11.5. The number of nitrogens with zero attached hydrogens (tertiary/aromatic N) is 1. The van der Waals surface area contributed by atoms with Crippen LogP contribution in [0.1, 0.15) is 30.6 Å². The fraction of sp³-hybridized carbons (Fsp3) is 0.500.